The number of halogens is 2. The Bertz CT molecular complexity index is 1060. The van der Waals surface area contributed by atoms with Gasteiger partial charge >= 0.3 is 6.61 Å². The highest BCUT2D eigenvalue weighted by molar-refractivity contribution is 6.03. The lowest BCUT2D eigenvalue weighted by molar-refractivity contribution is -0.111. The topological polar surface area (TPSA) is 89.8 Å². The molecule has 0 spiro atoms. The number of amides is 2. The average Bonchev–Trinajstić information content (AvgIpc) is 3.29. The SMILES string of the molecule is COc1cccc(/C=C/C(=O)Nc2ccc(NC(=O)c3ccco3)cc2)c1OC(F)F. The van der Waals surface area contributed by atoms with Gasteiger partial charge in [0.2, 0.25) is 5.91 Å². The highest BCUT2D eigenvalue weighted by atomic mass is 19.3. The molecule has 2 amide bonds. The number of carbonyl (C=O) groups excluding carboxylic acids is 2. The Morgan fingerprint density at radius 2 is 1.71 bits per heavy atom. The molecule has 3 rings (SSSR count). The number of benzene rings is 2. The van der Waals surface area contributed by atoms with E-state index >= 15 is 0 Å². The van der Waals surface area contributed by atoms with Crippen LogP contribution in [0.5, 0.6) is 11.5 Å². The van der Waals surface area contributed by atoms with E-state index < -0.39 is 18.4 Å². The van der Waals surface area contributed by atoms with Gasteiger partial charge in [-0.15, -0.1) is 0 Å². The van der Waals surface area contributed by atoms with Gasteiger partial charge in [-0.3, -0.25) is 9.59 Å². The van der Waals surface area contributed by atoms with Crippen LogP contribution >= 0.6 is 0 Å². The van der Waals surface area contributed by atoms with E-state index in [9.17, 15) is 18.4 Å². The molecule has 7 nitrogen and oxygen atoms in total. The fraction of sp³-hybridized carbons (Fsp3) is 0.0909. The summed E-state index contributed by atoms with van der Waals surface area (Å²) in [6.45, 7) is -3.04. The molecular weight excluding hydrogens is 410 g/mol. The number of furan rings is 1. The summed E-state index contributed by atoms with van der Waals surface area (Å²) in [5, 5.41) is 5.29. The zero-order valence-corrected chi connectivity index (χ0v) is 16.3. The van der Waals surface area contributed by atoms with E-state index in [0.29, 0.717) is 11.4 Å². The van der Waals surface area contributed by atoms with Crippen molar-refractivity contribution in [2.24, 2.45) is 0 Å². The lowest BCUT2D eigenvalue weighted by atomic mass is 10.1. The summed E-state index contributed by atoms with van der Waals surface area (Å²) in [5.74, 6) is -0.756. The molecule has 2 aromatic carbocycles. The van der Waals surface area contributed by atoms with Gasteiger partial charge in [0, 0.05) is 23.0 Å². The molecule has 0 unspecified atom stereocenters. The molecule has 9 heteroatoms. The molecule has 0 radical (unpaired) electrons. The summed E-state index contributed by atoms with van der Waals surface area (Å²) >= 11 is 0. The normalized spacial score (nSPS) is 10.8. The summed E-state index contributed by atoms with van der Waals surface area (Å²) in [7, 11) is 1.33. The highest BCUT2D eigenvalue weighted by Gasteiger charge is 2.14. The van der Waals surface area contributed by atoms with Crippen molar-refractivity contribution in [3.8, 4) is 11.5 Å². The molecule has 0 bridgehead atoms. The van der Waals surface area contributed by atoms with Crippen molar-refractivity contribution < 1.29 is 32.3 Å². The number of para-hydroxylation sites is 1. The zero-order valence-electron chi connectivity index (χ0n) is 16.3. The van der Waals surface area contributed by atoms with Crippen LogP contribution in [0.1, 0.15) is 16.1 Å². The van der Waals surface area contributed by atoms with Crippen LogP contribution < -0.4 is 20.1 Å². The smallest absolute Gasteiger partial charge is 0.387 e. The molecule has 3 aromatic rings. The summed E-state index contributed by atoms with van der Waals surface area (Å²) in [4.78, 5) is 24.1. The Morgan fingerprint density at radius 1 is 1.00 bits per heavy atom. The first kappa shape index (κ1) is 21.6. The lowest BCUT2D eigenvalue weighted by Crippen LogP contribution is -2.11. The predicted octanol–water partition coefficient (Wildman–Crippen LogP) is 4.79. The first-order chi connectivity index (χ1) is 15.0. The Morgan fingerprint density at radius 3 is 2.32 bits per heavy atom. The molecule has 2 N–H and O–H groups in total. The number of alkyl halides is 2. The third-order valence-corrected chi connectivity index (χ3v) is 4.01. The van der Waals surface area contributed by atoms with Crippen molar-refractivity contribution in [3.63, 3.8) is 0 Å². The van der Waals surface area contributed by atoms with Crippen LogP contribution in [0.4, 0.5) is 20.2 Å². The standard InChI is InChI=1S/C22H18F2N2O5/c1-29-17-5-2-4-14(20(17)31-22(23)24)7-12-19(27)25-15-8-10-16(11-9-15)26-21(28)18-6-3-13-30-18/h2-13,22H,1H3,(H,25,27)(H,26,28)/b12-7+. The summed E-state index contributed by atoms with van der Waals surface area (Å²) in [5.41, 5.74) is 1.24. The van der Waals surface area contributed by atoms with Crippen molar-refractivity contribution in [1.82, 2.24) is 0 Å². The van der Waals surface area contributed by atoms with E-state index in [1.165, 1.54) is 43.7 Å². The number of methoxy groups -OCH3 is 1. The van der Waals surface area contributed by atoms with Crippen LogP contribution in [0.3, 0.4) is 0 Å². The molecular formula is C22H18F2N2O5. The van der Waals surface area contributed by atoms with Gasteiger partial charge < -0.3 is 24.5 Å². The molecule has 0 fully saturated rings. The fourth-order valence-electron chi connectivity index (χ4n) is 2.63. The van der Waals surface area contributed by atoms with Crippen LogP contribution in [0.15, 0.2) is 71.4 Å². The maximum atomic E-state index is 12.7. The van der Waals surface area contributed by atoms with Crippen molar-refractivity contribution in [3.05, 3.63) is 78.3 Å². The van der Waals surface area contributed by atoms with Gasteiger partial charge in [0.15, 0.2) is 17.3 Å². The van der Waals surface area contributed by atoms with E-state index in [0.717, 1.165) is 0 Å². The number of nitrogens with one attached hydrogen (secondary N) is 2. The van der Waals surface area contributed by atoms with Crippen LogP contribution in [0.25, 0.3) is 6.08 Å². The molecule has 0 aliphatic carbocycles. The molecule has 0 aliphatic rings. The van der Waals surface area contributed by atoms with E-state index in [2.05, 4.69) is 15.4 Å². The van der Waals surface area contributed by atoms with Gasteiger partial charge in [-0.25, -0.2) is 0 Å². The van der Waals surface area contributed by atoms with Gasteiger partial charge in [-0.1, -0.05) is 12.1 Å². The number of carbonyl (C=O) groups is 2. The van der Waals surface area contributed by atoms with Gasteiger partial charge in [-0.2, -0.15) is 8.78 Å². The number of hydrogen-bond donors (Lipinski definition) is 2. The molecule has 0 saturated carbocycles. The second-order valence-corrected chi connectivity index (χ2v) is 6.09. The van der Waals surface area contributed by atoms with Crippen molar-refractivity contribution >= 4 is 29.3 Å². The average molecular weight is 428 g/mol. The van der Waals surface area contributed by atoms with Crippen molar-refractivity contribution in [1.29, 1.82) is 0 Å². The lowest BCUT2D eigenvalue weighted by Gasteiger charge is -2.12. The quantitative estimate of drug-likeness (QED) is 0.504. The Kier molecular flexibility index (Phi) is 7.00. The molecule has 160 valence electrons. The van der Waals surface area contributed by atoms with Gasteiger partial charge in [0.25, 0.3) is 5.91 Å². The molecule has 0 atom stereocenters. The summed E-state index contributed by atoms with van der Waals surface area (Å²) < 4.78 is 39.9. The zero-order chi connectivity index (χ0) is 22.2. The highest BCUT2D eigenvalue weighted by Crippen LogP contribution is 2.33. The first-order valence-electron chi connectivity index (χ1n) is 9.02. The minimum atomic E-state index is -3.04. The first-order valence-corrected chi connectivity index (χ1v) is 9.02. The minimum absolute atomic E-state index is 0.120. The predicted molar refractivity (Wildman–Crippen MR) is 110 cm³/mol. The molecule has 31 heavy (non-hydrogen) atoms. The third-order valence-electron chi connectivity index (χ3n) is 4.01. The van der Waals surface area contributed by atoms with Crippen molar-refractivity contribution in [2.45, 2.75) is 6.61 Å². The number of hydrogen-bond acceptors (Lipinski definition) is 5. The third kappa shape index (κ3) is 5.92. The maximum absolute atomic E-state index is 12.7. The van der Waals surface area contributed by atoms with Gasteiger partial charge in [0.05, 0.1) is 13.4 Å². The van der Waals surface area contributed by atoms with E-state index in [4.69, 9.17) is 9.15 Å². The minimum Gasteiger partial charge on any atom is -0.493 e. The number of anilines is 2. The van der Waals surface area contributed by atoms with Crippen LogP contribution in [-0.2, 0) is 4.79 Å². The van der Waals surface area contributed by atoms with E-state index in [1.54, 1.807) is 36.4 Å². The van der Waals surface area contributed by atoms with Gasteiger partial charge in [-0.05, 0) is 48.5 Å². The Hall–Kier alpha value is -4.14. The van der Waals surface area contributed by atoms with E-state index in [1.807, 2.05) is 0 Å². The van der Waals surface area contributed by atoms with Crippen LogP contribution in [0.2, 0.25) is 0 Å². The Balaban J connectivity index is 1.63. The monoisotopic (exact) mass is 428 g/mol. The summed E-state index contributed by atoms with van der Waals surface area (Å²) in [6.07, 6.45) is 3.92. The fourth-order valence-corrected chi connectivity index (χ4v) is 2.63. The molecule has 0 aliphatic heterocycles. The molecule has 1 aromatic heterocycles. The van der Waals surface area contributed by atoms with Crippen LogP contribution in [0, 0.1) is 0 Å². The number of ether oxygens (including phenoxy) is 2. The van der Waals surface area contributed by atoms with Gasteiger partial charge in [0.1, 0.15) is 0 Å². The second kappa shape index (κ2) is 10.1. The maximum Gasteiger partial charge on any atom is 0.387 e. The van der Waals surface area contributed by atoms with Crippen molar-refractivity contribution in [2.75, 3.05) is 17.7 Å². The number of rotatable bonds is 8. The second-order valence-electron chi connectivity index (χ2n) is 6.09. The van der Waals surface area contributed by atoms with E-state index in [-0.39, 0.29) is 22.8 Å². The largest absolute Gasteiger partial charge is 0.493 e. The summed E-state index contributed by atoms with van der Waals surface area (Å²) in [6, 6.07) is 14.1. The van der Waals surface area contributed by atoms with Crippen LogP contribution in [-0.4, -0.2) is 25.5 Å². The molecule has 0 saturated heterocycles. The molecule has 1 heterocycles. The Labute approximate surface area is 176 Å².